The number of carboxylic acid groups (broad SMARTS) is 1. The van der Waals surface area contributed by atoms with E-state index < -0.39 is 5.97 Å². The maximum Gasteiger partial charge on any atom is 0.307 e. The van der Waals surface area contributed by atoms with E-state index in [0.29, 0.717) is 13.2 Å². The lowest BCUT2D eigenvalue weighted by Gasteiger charge is -2.23. The predicted molar refractivity (Wildman–Crippen MR) is 102 cm³/mol. The van der Waals surface area contributed by atoms with Crippen LogP contribution in [-0.2, 0) is 4.79 Å². The van der Waals surface area contributed by atoms with Gasteiger partial charge >= 0.3 is 5.97 Å². The van der Waals surface area contributed by atoms with E-state index in [-0.39, 0.29) is 12.3 Å². The van der Waals surface area contributed by atoms with Gasteiger partial charge in [-0.05, 0) is 41.5 Å². The highest BCUT2D eigenvalue weighted by Gasteiger charge is 2.20. The molecule has 1 N–H and O–H groups in total. The molecule has 4 nitrogen and oxygen atoms in total. The summed E-state index contributed by atoms with van der Waals surface area (Å²) in [7, 11) is 0. The van der Waals surface area contributed by atoms with E-state index in [1.165, 1.54) is 0 Å². The summed E-state index contributed by atoms with van der Waals surface area (Å²) < 4.78 is 11.6. The minimum atomic E-state index is -0.846. The number of aliphatic carboxylic acids is 1. The van der Waals surface area contributed by atoms with Crippen LogP contribution in [0.1, 0.15) is 31.7 Å². The molecule has 26 heavy (non-hydrogen) atoms. The van der Waals surface area contributed by atoms with E-state index in [9.17, 15) is 9.90 Å². The summed E-state index contributed by atoms with van der Waals surface area (Å²) in [5.74, 6) is 0.902. The molecule has 136 valence electrons. The van der Waals surface area contributed by atoms with Crippen molar-refractivity contribution in [3.05, 3.63) is 65.8 Å². The van der Waals surface area contributed by atoms with Gasteiger partial charge in [-0.2, -0.15) is 0 Å². The maximum absolute atomic E-state index is 11.3. The Balaban J connectivity index is 2.14. The number of hydrogen-bond acceptors (Lipinski definition) is 3. The summed E-state index contributed by atoms with van der Waals surface area (Å²) in [5, 5.41) is 9.25. The molecule has 0 radical (unpaired) electrons. The molecule has 1 aromatic carbocycles. The first kappa shape index (κ1) is 18.1. The Morgan fingerprint density at radius 2 is 2.15 bits per heavy atom. The van der Waals surface area contributed by atoms with Crippen LogP contribution in [0.3, 0.4) is 0 Å². The number of hydrogen-bond donors (Lipinski definition) is 1. The number of carbonyl (C=O) groups is 1. The molecule has 0 bridgehead atoms. The van der Waals surface area contributed by atoms with Crippen molar-refractivity contribution >= 4 is 11.5 Å². The van der Waals surface area contributed by atoms with E-state index >= 15 is 0 Å². The van der Waals surface area contributed by atoms with Crippen LogP contribution < -0.4 is 9.47 Å². The van der Waals surface area contributed by atoms with Crippen LogP contribution in [0.25, 0.3) is 5.57 Å². The zero-order valence-corrected chi connectivity index (χ0v) is 15.0. The molecule has 0 amide bonds. The normalized spacial score (nSPS) is 24.5. The highest BCUT2D eigenvalue weighted by molar-refractivity contribution is 5.82. The van der Waals surface area contributed by atoms with Gasteiger partial charge in [-0.3, -0.25) is 4.79 Å². The lowest BCUT2D eigenvalue weighted by Crippen LogP contribution is -2.16. The molecule has 0 spiro atoms. The highest BCUT2D eigenvalue weighted by Crippen LogP contribution is 2.40. The standard InChI is InChI=1S/C22H24O4/c1-3-16(14-21(23)24)19-13-17(8-5-4-7-15(19)2)18-9-6-10-20-22(18)26-12-11-25-20/h3,5-6,8-10,13,15H,1,4,7,11-12,14H2,2H3,(H,23,24)/b8-5-,17-13+,19-16+. The molecular weight excluding hydrogens is 328 g/mol. The maximum atomic E-state index is 11.3. The van der Waals surface area contributed by atoms with Crippen molar-refractivity contribution in [3.63, 3.8) is 0 Å². The Morgan fingerprint density at radius 1 is 1.35 bits per heavy atom. The molecule has 1 aliphatic heterocycles. The lowest BCUT2D eigenvalue weighted by atomic mass is 9.86. The molecule has 1 aliphatic carbocycles. The van der Waals surface area contributed by atoms with Gasteiger partial charge in [0.2, 0.25) is 0 Å². The number of para-hydroxylation sites is 1. The minimum Gasteiger partial charge on any atom is -0.486 e. The average molecular weight is 352 g/mol. The minimum absolute atomic E-state index is 0.0246. The summed E-state index contributed by atoms with van der Waals surface area (Å²) in [6, 6.07) is 5.87. The van der Waals surface area contributed by atoms with Crippen molar-refractivity contribution in [1.29, 1.82) is 0 Å². The van der Waals surface area contributed by atoms with Gasteiger partial charge in [0.25, 0.3) is 0 Å². The second-order valence-electron chi connectivity index (χ2n) is 6.57. The third-order valence-electron chi connectivity index (χ3n) is 4.74. The molecule has 1 atom stereocenters. The molecule has 0 fully saturated rings. The zero-order chi connectivity index (χ0) is 18.5. The fourth-order valence-corrected chi connectivity index (χ4v) is 3.40. The van der Waals surface area contributed by atoms with E-state index in [1.54, 1.807) is 6.08 Å². The van der Waals surface area contributed by atoms with Crippen LogP contribution >= 0.6 is 0 Å². The molecule has 1 aromatic rings. The summed E-state index contributed by atoms with van der Waals surface area (Å²) in [6.45, 7) is 7.04. The van der Waals surface area contributed by atoms with Crippen molar-refractivity contribution in [2.75, 3.05) is 13.2 Å². The number of fused-ring (bicyclic) bond motifs is 1. The number of ether oxygens (including phenoxy) is 2. The van der Waals surface area contributed by atoms with Crippen molar-refractivity contribution in [3.8, 4) is 11.5 Å². The van der Waals surface area contributed by atoms with E-state index in [4.69, 9.17) is 9.47 Å². The van der Waals surface area contributed by atoms with Crippen molar-refractivity contribution in [2.45, 2.75) is 26.2 Å². The van der Waals surface area contributed by atoms with Gasteiger partial charge in [0.15, 0.2) is 11.5 Å². The van der Waals surface area contributed by atoms with Crippen LogP contribution in [0.5, 0.6) is 11.5 Å². The number of allylic oxidation sites excluding steroid dienone is 6. The third kappa shape index (κ3) is 3.90. The first-order valence-corrected chi connectivity index (χ1v) is 8.94. The Bertz CT molecular complexity index is 798. The summed E-state index contributed by atoms with van der Waals surface area (Å²) in [5.41, 5.74) is 3.75. The number of benzene rings is 1. The summed E-state index contributed by atoms with van der Waals surface area (Å²) in [4.78, 5) is 11.3. The summed E-state index contributed by atoms with van der Waals surface area (Å²) in [6.07, 6.45) is 9.87. The van der Waals surface area contributed by atoms with Crippen LogP contribution in [0, 0.1) is 5.92 Å². The molecule has 1 unspecified atom stereocenters. The van der Waals surface area contributed by atoms with Gasteiger partial charge in [0, 0.05) is 5.56 Å². The Kier molecular flexibility index (Phi) is 5.61. The average Bonchev–Trinajstić information content (AvgIpc) is 2.63. The first-order valence-electron chi connectivity index (χ1n) is 8.94. The zero-order valence-electron chi connectivity index (χ0n) is 15.0. The van der Waals surface area contributed by atoms with Gasteiger partial charge in [0.05, 0.1) is 6.42 Å². The molecule has 0 saturated heterocycles. The Morgan fingerprint density at radius 3 is 2.92 bits per heavy atom. The molecule has 1 heterocycles. The fourth-order valence-electron chi connectivity index (χ4n) is 3.40. The van der Waals surface area contributed by atoms with Gasteiger partial charge in [-0.1, -0.05) is 49.9 Å². The molecule has 2 aliphatic rings. The quantitative estimate of drug-likeness (QED) is 0.847. The predicted octanol–water partition coefficient (Wildman–Crippen LogP) is 4.78. The topological polar surface area (TPSA) is 55.8 Å². The summed E-state index contributed by atoms with van der Waals surface area (Å²) >= 11 is 0. The van der Waals surface area contributed by atoms with E-state index in [0.717, 1.165) is 46.6 Å². The van der Waals surface area contributed by atoms with Gasteiger partial charge in [0.1, 0.15) is 13.2 Å². The van der Waals surface area contributed by atoms with Crippen molar-refractivity contribution in [2.24, 2.45) is 5.92 Å². The smallest absolute Gasteiger partial charge is 0.307 e. The number of rotatable bonds is 4. The molecule has 0 aromatic heterocycles. The van der Waals surface area contributed by atoms with Gasteiger partial charge < -0.3 is 14.6 Å². The largest absolute Gasteiger partial charge is 0.486 e. The van der Waals surface area contributed by atoms with Crippen molar-refractivity contribution < 1.29 is 19.4 Å². The molecule has 4 heteroatoms. The van der Waals surface area contributed by atoms with Crippen molar-refractivity contribution in [1.82, 2.24) is 0 Å². The molecule has 0 saturated carbocycles. The van der Waals surface area contributed by atoms with Crippen LogP contribution in [0.2, 0.25) is 0 Å². The lowest BCUT2D eigenvalue weighted by molar-refractivity contribution is -0.136. The van der Waals surface area contributed by atoms with E-state index in [1.807, 2.05) is 18.2 Å². The second-order valence-corrected chi connectivity index (χ2v) is 6.57. The number of carboxylic acids is 1. The molecule has 3 rings (SSSR count). The Labute approximate surface area is 154 Å². The SMILES string of the molecule is C=C/C(CC(=O)O)=C1/C=C(c2cccc3c2OCCO3)\C=C/CCC1C. The first-order chi connectivity index (χ1) is 12.6. The van der Waals surface area contributed by atoms with Crippen LogP contribution in [0.15, 0.2) is 60.2 Å². The van der Waals surface area contributed by atoms with E-state index in [2.05, 4.69) is 31.7 Å². The highest BCUT2D eigenvalue weighted by atomic mass is 16.6. The third-order valence-corrected chi connectivity index (χ3v) is 4.74. The monoisotopic (exact) mass is 352 g/mol. The Hall–Kier alpha value is -2.75. The second kappa shape index (κ2) is 8.09. The molecular formula is C22H24O4. The van der Waals surface area contributed by atoms with Gasteiger partial charge in [-0.15, -0.1) is 0 Å². The van der Waals surface area contributed by atoms with Gasteiger partial charge in [-0.25, -0.2) is 0 Å². The van der Waals surface area contributed by atoms with Crippen LogP contribution in [0.4, 0.5) is 0 Å². The van der Waals surface area contributed by atoms with Crippen LogP contribution in [-0.4, -0.2) is 24.3 Å². The fraction of sp³-hybridized carbons (Fsp3) is 0.318.